The van der Waals surface area contributed by atoms with E-state index in [1.165, 1.54) is 12.7 Å². The Labute approximate surface area is 188 Å². The molecule has 1 amide bonds. The molecule has 7 nitrogen and oxygen atoms in total. The number of carbonyl (C=O) groups excluding carboxylic acids is 1. The predicted molar refractivity (Wildman–Crippen MR) is 121 cm³/mol. The Morgan fingerprint density at radius 3 is 2.31 bits per heavy atom. The minimum absolute atomic E-state index is 0.285. The maximum atomic E-state index is 12.4. The predicted octanol–water partition coefficient (Wildman–Crippen LogP) is 4.86. The second-order valence-electron chi connectivity index (χ2n) is 9.13. The molecule has 0 unspecified atom stereocenters. The number of carbonyl (C=O) groups is 2. The molecule has 2 aromatic rings. The molecule has 32 heavy (non-hydrogen) atoms. The van der Waals surface area contributed by atoms with Crippen LogP contribution in [-0.2, 0) is 14.3 Å². The van der Waals surface area contributed by atoms with Crippen molar-refractivity contribution in [2.45, 2.75) is 50.5 Å². The van der Waals surface area contributed by atoms with E-state index in [2.05, 4.69) is 29.2 Å². The number of hydrogen-bond acceptors (Lipinski definition) is 5. The topological polar surface area (TPSA) is 89.0 Å². The van der Waals surface area contributed by atoms with Crippen molar-refractivity contribution < 1.29 is 24.2 Å². The van der Waals surface area contributed by atoms with Crippen molar-refractivity contribution in [1.29, 1.82) is 0 Å². The van der Waals surface area contributed by atoms with Crippen molar-refractivity contribution in [2.75, 3.05) is 25.2 Å². The second-order valence-corrected chi connectivity index (χ2v) is 9.13. The number of pyridine rings is 1. The summed E-state index contributed by atoms with van der Waals surface area (Å²) in [6, 6.07) is 12.3. The van der Waals surface area contributed by atoms with E-state index in [-0.39, 0.29) is 6.42 Å². The minimum Gasteiger partial charge on any atom is -0.481 e. The van der Waals surface area contributed by atoms with Crippen LogP contribution in [0.15, 0.2) is 42.6 Å². The van der Waals surface area contributed by atoms with Gasteiger partial charge in [-0.3, -0.25) is 14.7 Å². The zero-order valence-electron chi connectivity index (χ0n) is 18.6. The van der Waals surface area contributed by atoms with Gasteiger partial charge in [0.1, 0.15) is 0 Å². The first-order valence-electron chi connectivity index (χ1n) is 11.1. The lowest BCUT2D eigenvalue weighted by atomic mass is 9.77. The Morgan fingerprint density at radius 1 is 1.12 bits per heavy atom. The fourth-order valence-corrected chi connectivity index (χ4v) is 4.82. The molecule has 1 aliphatic heterocycles. The fraction of sp³-hybridized carbons (Fsp3) is 0.480. The summed E-state index contributed by atoms with van der Waals surface area (Å²) in [5.74, 6) is 0.105. The highest BCUT2D eigenvalue weighted by Gasteiger charge is 2.44. The SMILES string of the molecule is COC(=O)N(c1ccc(-c2ccc(C3CCC(CC(=O)O)CC3)cc2)nc1)C1(C)COC1. The van der Waals surface area contributed by atoms with Crippen molar-refractivity contribution in [3.05, 3.63) is 48.2 Å². The van der Waals surface area contributed by atoms with Gasteiger partial charge in [-0.15, -0.1) is 0 Å². The summed E-state index contributed by atoms with van der Waals surface area (Å²) in [4.78, 5) is 29.5. The number of ether oxygens (including phenoxy) is 2. The number of carboxylic acids is 1. The van der Waals surface area contributed by atoms with Gasteiger partial charge in [-0.2, -0.15) is 0 Å². The maximum Gasteiger partial charge on any atom is 0.414 e. The largest absolute Gasteiger partial charge is 0.481 e. The minimum atomic E-state index is -0.693. The third-order valence-electron chi connectivity index (χ3n) is 6.72. The molecule has 7 heteroatoms. The van der Waals surface area contributed by atoms with Crippen LogP contribution in [0.3, 0.4) is 0 Å². The lowest BCUT2D eigenvalue weighted by Crippen LogP contribution is -2.62. The van der Waals surface area contributed by atoms with Gasteiger partial charge >= 0.3 is 12.1 Å². The van der Waals surface area contributed by atoms with Crippen molar-refractivity contribution in [3.8, 4) is 11.3 Å². The highest BCUT2D eigenvalue weighted by Crippen LogP contribution is 2.38. The molecule has 1 aromatic carbocycles. The quantitative estimate of drug-likeness (QED) is 0.693. The number of rotatable bonds is 6. The lowest BCUT2D eigenvalue weighted by molar-refractivity contribution is -0.138. The van der Waals surface area contributed by atoms with Crippen LogP contribution >= 0.6 is 0 Å². The molecule has 2 aliphatic rings. The standard InChI is InChI=1S/C25H30N2O5/c1-25(15-32-16-25)27(24(30)31-2)21-11-12-22(26-14-21)20-9-7-19(8-10-20)18-5-3-17(4-6-18)13-23(28)29/h7-12,14,17-18H,3-6,13,15-16H2,1-2H3,(H,28,29). The van der Waals surface area contributed by atoms with Gasteiger partial charge in [-0.1, -0.05) is 24.3 Å². The number of nitrogens with zero attached hydrogens (tertiary/aromatic N) is 2. The van der Waals surface area contributed by atoms with Crippen LogP contribution in [0.4, 0.5) is 10.5 Å². The van der Waals surface area contributed by atoms with Crippen LogP contribution < -0.4 is 4.90 Å². The van der Waals surface area contributed by atoms with Gasteiger partial charge in [0.15, 0.2) is 0 Å². The molecule has 0 bridgehead atoms. The van der Waals surface area contributed by atoms with Crippen molar-refractivity contribution in [3.63, 3.8) is 0 Å². The molecule has 2 fully saturated rings. The molecule has 1 N–H and O–H groups in total. The van der Waals surface area contributed by atoms with Crippen molar-refractivity contribution in [2.24, 2.45) is 5.92 Å². The third-order valence-corrected chi connectivity index (χ3v) is 6.72. The molecule has 2 heterocycles. The van der Waals surface area contributed by atoms with Crippen LogP contribution in [0.25, 0.3) is 11.3 Å². The first kappa shape index (κ1) is 22.3. The van der Waals surface area contributed by atoms with Crippen LogP contribution in [-0.4, -0.2) is 48.0 Å². The molecule has 1 saturated carbocycles. The second kappa shape index (κ2) is 9.28. The summed E-state index contributed by atoms with van der Waals surface area (Å²) < 4.78 is 10.3. The van der Waals surface area contributed by atoms with E-state index < -0.39 is 17.6 Å². The van der Waals surface area contributed by atoms with Gasteiger partial charge < -0.3 is 14.6 Å². The summed E-state index contributed by atoms with van der Waals surface area (Å²) >= 11 is 0. The lowest BCUT2D eigenvalue weighted by Gasteiger charge is -2.45. The Hall–Kier alpha value is -2.93. The Morgan fingerprint density at radius 2 is 1.81 bits per heavy atom. The van der Waals surface area contributed by atoms with Gasteiger partial charge in [0, 0.05) is 12.0 Å². The van der Waals surface area contributed by atoms with Gasteiger partial charge in [-0.05, 0) is 62.1 Å². The molecular formula is C25H30N2O5. The van der Waals surface area contributed by atoms with E-state index in [0.29, 0.717) is 30.7 Å². The summed E-state index contributed by atoms with van der Waals surface area (Å²) in [6.45, 7) is 2.89. The molecular weight excluding hydrogens is 408 g/mol. The number of anilines is 1. The van der Waals surface area contributed by atoms with E-state index >= 15 is 0 Å². The molecule has 0 atom stereocenters. The number of hydrogen-bond donors (Lipinski definition) is 1. The van der Waals surface area contributed by atoms with Crippen LogP contribution in [0.5, 0.6) is 0 Å². The number of methoxy groups -OCH3 is 1. The number of amides is 1. The van der Waals surface area contributed by atoms with Crippen LogP contribution in [0.1, 0.15) is 50.5 Å². The summed E-state index contributed by atoms with van der Waals surface area (Å²) in [7, 11) is 1.38. The average molecular weight is 439 g/mol. The Bertz CT molecular complexity index is 945. The van der Waals surface area contributed by atoms with Crippen molar-refractivity contribution in [1.82, 2.24) is 4.98 Å². The van der Waals surface area contributed by atoms with Gasteiger partial charge in [-0.25, -0.2) is 4.79 Å². The average Bonchev–Trinajstić information content (AvgIpc) is 2.79. The molecule has 0 radical (unpaired) electrons. The Balaban J connectivity index is 1.43. The highest BCUT2D eigenvalue weighted by atomic mass is 16.5. The molecule has 1 aliphatic carbocycles. The highest BCUT2D eigenvalue weighted by molar-refractivity contribution is 5.89. The summed E-state index contributed by atoms with van der Waals surface area (Å²) in [5.41, 5.74) is 3.41. The van der Waals surface area contributed by atoms with Crippen LogP contribution in [0, 0.1) is 5.92 Å². The van der Waals surface area contributed by atoms with E-state index in [9.17, 15) is 9.59 Å². The third kappa shape index (κ3) is 4.63. The first-order chi connectivity index (χ1) is 15.4. The number of aliphatic carboxylic acids is 1. The number of carboxylic acid groups (broad SMARTS) is 1. The molecule has 1 saturated heterocycles. The molecule has 4 rings (SSSR count). The Kier molecular flexibility index (Phi) is 6.46. The zero-order chi connectivity index (χ0) is 22.7. The van der Waals surface area contributed by atoms with E-state index in [1.807, 2.05) is 19.1 Å². The smallest absolute Gasteiger partial charge is 0.414 e. The summed E-state index contributed by atoms with van der Waals surface area (Å²) in [5, 5.41) is 8.99. The van der Waals surface area contributed by atoms with Gasteiger partial charge in [0.25, 0.3) is 0 Å². The molecule has 0 spiro atoms. The monoisotopic (exact) mass is 438 g/mol. The molecule has 170 valence electrons. The van der Waals surface area contributed by atoms with Gasteiger partial charge in [0.05, 0.1) is 43.4 Å². The number of benzene rings is 1. The van der Waals surface area contributed by atoms with Crippen LogP contribution in [0.2, 0.25) is 0 Å². The maximum absolute atomic E-state index is 12.4. The summed E-state index contributed by atoms with van der Waals surface area (Å²) in [6.07, 6.45) is 5.59. The normalized spacial score (nSPS) is 21.9. The van der Waals surface area contributed by atoms with Gasteiger partial charge in [0.2, 0.25) is 0 Å². The van der Waals surface area contributed by atoms with Crippen molar-refractivity contribution >= 4 is 17.7 Å². The molecule has 1 aromatic heterocycles. The number of aromatic nitrogens is 1. The first-order valence-corrected chi connectivity index (χ1v) is 11.1. The van der Waals surface area contributed by atoms with E-state index in [0.717, 1.165) is 36.9 Å². The zero-order valence-corrected chi connectivity index (χ0v) is 18.6. The fourth-order valence-electron chi connectivity index (χ4n) is 4.82. The van der Waals surface area contributed by atoms with E-state index in [4.69, 9.17) is 14.6 Å². The van der Waals surface area contributed by atoms with E-state index in [1.54, 1.807) is 11.1 Å².